The summed E-state index contributed by atoms with van der Waals surface area (Å²) in [6.07, 6.45) is 2.48. The summed E-state index contributed by atoms with van der Waals surface area (Å²) in [5.41, 5.74) is 0.0462. The van der Waals surface area contributed by atoms with Crippen LogP contribution in [0.25, 0.3) is 0 Å². The number of halogens is 3. The predicted octanol–water partition coefficient (Wildman–Crippen LogP) is 4.78. The largest absolute Gasteiger partial charge is 0.443 e. The van der Waals surface area contributed by atoms with Crippen LogP contribution in [0.5, 0.6) is 0 Å². The zero-order valence-electron chi connectivity index (χ0n) is 11.9. The molecule has 1 saturated carbocycles. The minimum Gasteiger partial charge on any atom is -0.309 e. The van der Waals surface area contributed by atoms with Crippen LogP contribution in [0.2, 0.25) is 0 Å². The van der Waals surface area contributed by atoms with Crippen molar-refractivity contribution in [2.24, 2.45) is 5.41 Å². The Bertz CT molecular complexity index is 436. The molecule has 0 aliphatic heterocycles. The van der Waals surface area contributed by atoms with E-state index in [1.165, 1.54) is 6.20 Å². The van der Waals surface area contributed by atoms with Gasteiger partial charge in [0, 0.05) is 17.1 Å². The Labute approximate surface area is 121 Å². The summed E-state index contributed by atoms with van der Waals surface area (Å²) >= 11 is 0.785. The average molecular weight is 306 g/mol. The Hall–Kier alpha value is -0.620. The number of hydrogen-bond donors (Lipinski definition) is 1. The van der Waals surface area contributed by atoms with Crippen LogP contribution < -0.4 is 5.32 Å². The summed E-state index contributed by atoms with van der Waals surface area (Å²) < 4.78 is 38.2. The molecule has 0 saturated heterocycles. The lowest BCUT2D eigenvalue weighted by atomic mass is 9.80. The van der Waals surface area contributed by atoms with Crippen molar-refractivity contribution in [3.63, 3.8) is 0 Å². The Kier molecular flexibility index (Phi) is 4.74. The minimum atomic E-state index is -4.34. The van der Waals surface area contributed by atoms with Crippen molar-refractivity contribution >= 4 is 11.3 Å². The van der Waals surface area contributed by atoms with E-state index in [1.54, 1.807) is 0 Å². The summed E-state index contributed by atoms with van der Waals surface area (Å²) in [6, 6.07) is -0.0152. The highest BCUT2D eigenvalue weighted by molar-refractivity contribution is 7.11. The van der Waals surface area contributed by atoms with E-state index in [0.29, 0.717) is 0 Å². The van der Waals surface area contributed by atoms with Crippen LogP contribution in [-0.2, 0) is 6.18 Å². The number of rotatable bonds is 5. The van der Waals surface area contributed by atoms with Gasteiger partial charge in [-0.3, -0.25) is 0 Å². The lowest BCUT2D eigenvalue weighted by Crippen LogP contribution is -2.34. The van der Waals surface area contributed by atoms with Gasteiger partial charge in [-0.1, -0.05) is 26.7 Å². The normalized spacial score (nSPS) is 20.2. The zero-order chi connectivity index (χ0) is 14.8. The Morgan fingerprint density at radius 3 is 2.55 bits per heavy atom. The van der Waals surface area contributed by atoms with E-state index in [2.05, 4.69) is 24.1 Å². The molecule has 6 heteroatoms. The summed E-state index contributed by atoms with van der Waals surface area (Å²) in [4.78, 5) is 4.29. The summed E-state index contributed by atoms with van der Waals surface area (Å²) in [6.45, 7) is 5.06. The van der Waals surface area contributed by atoms with Gasteiger partial charge in [0.2, 0.25) is 0 Å². The fraction of sp³-hybridized carbons (Fsp3) is 0.786. The van der Waals surface area contributed by atoms with Gasteiger partial charge in [0.05, 0.1) is 0 Å². The monoisotopic (exact) mass is 306 g/mol. The van der Waals surface area contributed by atoms with Crippen LogP contribution in [-0.4, -0.2) is 11.5 Å². The molecule has 1 aromatic rings. The molecule has 1 aliphatic rings. The van der Waals surface area contributed by atoms with Crippen LogP contribution in [0.4, 0.5) is 13.2 Å². The number of alkyl halides is 3. The van der Waals surface area contributed by atoms with Gasteiger partial charge in [0.15, 0.2) is 5.01 Å². The third-order valence-electron chi connectivity index (χ3n) is 4.09. The molecule has 1 aromatic heterocycles. The van der Waals surface area contributed by atoms with Crippen LogP contribution >= 0.6 is 11.3 Å². The van der Waals surface area contributed by atoms with Gasteiger partial charge in [-0.05, 0) is 31.2 Å². The van der Waals surface area contributed by atoms with Crippen LogP contribution in [0.15, 0.2) is 6.20 Å². The van der Waals surface area contributed by atoms with Gasteiger partial charge >= 0.3 is 6.18 Å². The Morgan fingerprint density at radius 2 is 2.05 bits per heavy atom. The van der Waals surface area contributed by atoms with Crippen molar-refractivity contribution in [2.75, 3.05) is 6.54 Å². The molecule has 1 heterocycles. The maximum atomic E-state index is 12.7. The van der Waals surface area contributed by atoms with Crippen molar-refractivity contribution in [3.8, 4) is 0 Å². The minimum absolute atomic E-state index is 0.0152. The first kappa shape index (κ1) is 15.8. The molecule has 1 unspecified atom stereocenters. The molecule has 2 nitrogen and oxygen atoms in total. The molecule has 2 rings (SSSR count). The van der Waals surface area contributed by atoms with E-state index in [4.69, 9.17) is 0 Å². The van der Waals surface area contributed by atoms with Gasteiger partial charge < -0.3 is 5.32 Å². The third kappa shape index (κ3) is 3.34. The van der Waals surface area contributed by atoms with E-state index in [-0.39, 0.29) is 11.5 Å². The second kappa shape index (κ2) is 6.02. The van der Waals surface area contributed by atoms with Gasteiger partial charge in [-0.2, -0.15) is 13.2 Å². The fourth-order valence-corrected chi connectivity index (χ4v) is 4.04. The van der Waals surface area contributed by atoms with Gasteiger partial charge in [0.1, 0.15) is 0 Å². The van der Waals surface area contributed by atoms with E-state index in [0.717, 1.165) is 54.9 Å². The molecular formula is C14H21F3N2S. The van der Waals surface area contributed by atoms with Crippen molar-refractivity contribution < 1.29 is 13.2 Å². The highest BCUT2D eigenvalue weighted by Gasteiger charge is 2.41. The number of hydrogen-bond acceptors (Lipinski definition) is 3. The van der Waals surface area contributed by atoms with E-state index in [9.17, 15) is 13.2 Å². The van der Waals surface area contributed by atoms with E-state index < -0.39 is 11.2 Å². The fourth-order valence-electron chi connectivity index (χ4n) is 3.00. The molecule has 0 amide bonds. The average Bonchev–Trinajstić information content (AvgIpc) is 2.99. The molecule has 1 atom stereocenters. The topological polar surface area (TPSA) is 24.9 Å². The van der Waals surface area contributed by atoms with Crippen molar-refractivity contribution in [1.82, 2.24) is 10.3 Å². The van der Waals surface area contributed by atoms with Crippen molar-refractivity contribution in [1.29, 1.82) is 0 Å². The maximum Gasteiger partial charge on any atom is 0.443 e. The maximum absolute atomic E-state index is 12.7. The number of nitrogens with one attached hydrogen (secondary N) is 1. The first-order chi connectivity index (χ1) is 9.37. The van der Waals surface area contributed by atoms with Gasteiger partial charge in [0.25, 0.3) is 0 Å². The first-order valence-electron chi connectivity index (χ1n) is 7.13. The number of aromatic nitrogens is 1. The summed E-state index contributed by atoms with van der Waals surface area (Å²) in [7, 11) is 0. The third-order valence-corrected chi connectivity index (χ3v) is 5.20. The molecule has 1 N–H and O–H groups in total. The van der Waals surface area contributed by atoms with Crippen LogP contribution in [0.3, 0.4) is 0 Å². The second-order valence-corrected chi connectivity index (χ2v) is 6.88. The standard InChI is InChI=1S/C14H21F3N2S/c1-3-8-18-11(13(2)6-4-5-7-13)10-9-19-12(20-10)14(15,16)17/h9,11,18H,3-8H2,1-2H3. The molecule has 1 aliphatic carbocycles. The quantitative estimate of drug-likeness (QED) is 0.846. The molecule has 0 spiro atoms. The number of thiazole rings is 1. The SMILES string of the molecule is CCCNC(c1cnc(C(F)(F)F)s1)C1(C)CCCC1. The predicted molar refractivity (Wildman–Crippen MR) is 74.7 cm³/mol. The molecule has 0 radical (unpaired) electrons. The van der Waals surface area contributed by atoms with Gasteiger partial charge in [-0.15, -0.1) is 11.3 Å². The number of nitrogens with zero attached hydrogens (tertiary/aromatic N) is 1. The summed E-state index contributed by atoms with van der Waals surface area (Å²) in [5.74, 6) is 0. The van der Waals surface area contributed by atoms with Gasteiger partial charge in [-0.25, -0.2) is 4.98 Å². The van der Waals surface area contributed by atoms with E-state index >= 15 is 0 Å². The first-order valence-corrected chi connectivity index (χ1v) is 7.95. The highest BCUT2D eigenvalue weighted by Crippen LogP contribution is 2.49. The lowest BCUT2D eigenvalue weighted by Gasteiger charge is -2.34. The molecule has 20 heavy (non-hydrogen) atoms. The highest BCUT2D eigenvalue weighted by atomic mass is 32.1. The second-order valence-electron chi connectivity index (χ2n) is 5.81. The van der Waals surface area contributed by atoms with E-state index in [1.807, 2.05) is 0 Å². The van der Waals surface area contributed by atoms with Crippen molar-refractivity contribution in [3.05, 3.63) is 16.1 Å². The van der Waals surface area contributed by atoms with Crippen LogP contribution in [0.1, 0.15) is 61.9 Å². The lowest BCUT2D eigenvalue weighted by molar-refractivity contribution is -0.137. The molecule has 114 valence electrons. The molecule has 0 aromatic carbocycles. The Balaban J connectivity index is 2.24. The molecule has 1 fully saturated rings. The molecular weight excluding hydrogens is 285 g/mol. The molecule has 0 bridgehead atoms. The zero-order valence-corrected chi connectivity index (χ0v) is 12.7. The smallest absolute Gasteiger partial charge is 0.309 e. The van der Waals surface area contributed by atoms with Crippen LogP contribution in [0, 0.1) is 5.41 Å². The summed E-state index contributed by atoms with van der Waals surface area (Å²) in [5, 5.41) is 2.70. The van der Waals surface area contributed by atoms with Crippen molar-refractivity contribution in [2.45, 2.75) is 58.2 Å². The Morgan fingerprint density at radius 1 is 1.40 bits per heavy atom.